The van der Waals surface area contributed by atoms with Gasteiger partial charge in [-0.25, -0.2) is 4.39 Å². The largest absolute Gasteiger partial charge is 0.493 e. The minimum absolute atomic E-state index is 0.115. The highest BCUT2D eigenvalue weighted by atomic mass is 35.5. The number of hydrogen-bond donors (Lipinski definition) is 0. The fourth-order valence-corrected chi connectivity index (χ4v) is 4.73. The van der Waals surface area contributed by atoms with E-state index in [1.807, 2.05) is 12.1 Å². The summed E-state index contributed by atoms with van der Waals surface area (Å²) in [6.07, 6.45) is -4.62. The van der Waals surface area contributed by atoms with Gasteiger partial charge < -0.3 is 14.2 Å². The van der Waals surface area contributed by atoms with Gasteiger partial charge in [0, 0.05) is 27.1 Å². The molecule has 40 heavy (non-hydrogen) atoms. The summed E-state index contributed by atoms with van der Waals surface area (Å²) in [5, 5.41) is 4.79. The third-order valence-electron chi connectivity index (χ3n) is 6.40. The van der Waals surface area contributed by atoms with Crippen molar-refractivity contribution >= 4 is 22.5 Å². The van der Waals surface area contributed by atoms with Gasteiger partial charge in [-0.1, -0.05) is 54.1 Å². The summed E-state index contributed by atoms with van der Waals surface area (Å²) in [5.41, 5.74) is 0.803. The molecule has 0 saturated carbocycles. The second-order valence-corrected chi connectivity index (χ2v) is 9.35. The van der Waals surface area contributed by atoms with Crippen LogP contribution in [-0.4, -0.2) is 24.0 Å². The Morgan fingerprint density at radius 2 is 1.65 bits per heavy atom. The van der Waals surface area contributed by atoms with Crippen molar-refractivity contribution in [3.8, 4) is 28.5 Å². The minimum Gasteiger partial charge on any atom is -0.493 e. The third kappa shape index (κ3) is 5.42. The van der Waals surface area contributed by atoms with Crippen LogP contribution < -0.4 is 14.2 Å². The second-order valence-electron chi connectivity index (χ2n) is 8.91. The fraction of sp³-hybridized carbons (Fsp3) is 0.167. The van der Waals surface area contributed by atoms with Crippen molar-refractivity contribution in [3.63, 3.8) is 0 Å². The zero-order valence-electron chi connectivity index (χ0n) is 21.4. The minimum atomic E-state index is -4.62. The van der Waals surface area contributed by atoms with Crippen molar-refractivity contribution in [2.45, 2.75) is 19.3 Å². The normalized spacial score (nSPS) is 11.6. The third-order valence-corrected chi connectivity index (χ3v) is 6.63. The molecular formula is C30H23ClF4N2O3. The molecule has 5 rings (SSSR count). The Bertz CT molecular complexity index is 1680. The number of methoxy groups -OCH3 is 2. The van der Waals surface area contributed by atoms with E-state index in [1.54, 1.807) is 43.5 Å². The molecule has 0 unspecified atom stereocenters. The molecule has 5 aromatic rings. The lowest BCUT2D eigenvalue weighted by molar-refractivity contribution is -0.136. The van der Waals surface area contributed by atoms with Crippen LogP contribution in [0.4, 0.5) is 17.6 Å². The molecule has 0 aliphatic carbocycles. The summed E-state index contributed by atoms with van der Waals surface area (Å²) in [6.45, 7) is 0.0362. The van der Waals surface area contributed by atoms with Crippen molar-refractivity contribution in [2.24, 2.45) is 0 Å². The van der Waals surface area contributed by atoms with Crippen molar-refractivity contribution in [2.75, 3.05) is 14.2 Å². The Kier molecular flexibility index (Phi) is 7.58. The maximum absolute atomic E-state index is 14.7. The van der Waals surface area contributed by atoms with E-state index in [9.17, 15) is 17.6 Å². The molecular weight excluding hydrogens is 548 g/mol. The van der Waals surface area contributed by atoms with Gasteiger partial charge in [-0.2, -0.15) is 18.3 Å². The average Bonchev–Trinajstić information content (AvgIpc) is 3.30. The molecule has 1 aromatic heterocycles. The van der Waals surface area contributed by atoms with Crippen LogP contribution in [0.2, 0.25) is 5.02 Å². The van der Waals surface area contributed by atoms with Gasteiger partial charge in [0.05, 0.1) is 32.0 Å². The average molecular weight is 571 g/mol. The molecule has 0 spiro atoms. The Labute approximate surface area is 232 Å². The van der Waals surface area contributed by atoms with Crippen LogP contribution in [0, 0.1) is 5.82 Å². The maximum atomic E-state index is 14.7. The van der Waals surface area contributed by atoms with Crippen LogP contribution in [0.3, 0.4) is 0 Å². The van der Waals surface area contributed by atoms with Crippen molar-refractivity contribution < 1.29 is 31.8 Å². The van der Waals surface area contributed by atoms with E-state index < -0.39 is 17.6 Å². The van der Waals surface area contributed by atoms with Gasteiger partial charge in [0.25, 0.3) is 0 Å². The zero-order valence-corrected chi connectivity index (χ0v) is 22.2. The second kappa shape index (κ2) is 11.1. The van der Waals surface area contributed by atoms with E-state index >= 15 is 0 Å². The summed E-state index contributed by atoms with van der Waals surface area (Å²) in [7, 11) is 3.08. The topological polar surface area (TPSA) is 45.5 Å². The fourth-order valence-electron chi connectivity index (χ4n) is 4.57. The number of alkyl halides is 3. The molecule has 0 atom stereocenters. The predicted molar refractivity (Wildman–Crippen MR) is 145 cm³/mol. The van der Waals surface area contributed by atoms with Gasteiger partial charge in [0.15, 0.2) is 11.5 Å². The van der Waals surface area contributed by atoms with Crippen LogP contribution in [-0.2, 0) is 19.3 Å². The zero-order chi connectivity index (χ0) is 28.4. The number of hydrogen-bond acceptors (Lipinski definition) is 4. The van der Waals surface area contributed by atoms with Gasteiger partial charge in [0.2, 0.25) is 0 Å². The highest BCUT2D eigenvalue weighted by Crippen LogP contribution is 2.39. The molecule has 0 radical (unpaired) electrons. The first-order valence-corrected chi connectivity index (χ1v) is 12.5. The monoisotopic (exact) mass is 570 g/mol. The molecule has 5 nitrogen and oxygen atoms in total. The molecule has 0 aliphatic rings. The van der Waals surface area contributed by atoms with E-state index in [4.69, 9.17) is 25.8 Å². The molecule has 0 fully saturated rings. The van der Waals surface area contributed by atoms with Crippen molar-refractivity contribution in [1.82, 2.24) is 9.78 Å². The predicted octanol–water partition coefficient (Wildman–Crippen LogP) is 8.16. The first kappa shape index (κ1) is 27.3. The van der Waals surface area contributed by atoms with Crippen LogP contribution in [0.1, 0.15) is 16.7 Å². The van der Waals surface area contributed by atoms with Crippen molar-refractivity contribution in [3.05, 3.63) is 106 Å². The van der Waals surface area contributed by atoms with E-state index in [1.165, 1.54) is 30.0 Å². The van der Waals surface area contributed by atoms with Gasteiger partial charge in [-0.05, 0) is 36.4 Å². The smallest absolute Gasteiger partial charge is 0.418 e. The summed E-state index contributed by atoms with van der Waals surface area (Å²) < 4.78 is 74.5. The molecule has 0 saturated heterocycles. The van der Waals surface area contributed by atoms with E-state index in [0.717, 1.165) is 17.7 Å². The molecule has 206 valence electrons. The lowest BCUT2D eigenvalue weighted by Gasteiger charge is -2.14. The number of nitrogens with zero attached hydrogens (tertiary/aromatic N) is 2. The Balaban J connectivity index is 1.58. The van der Waals surface area contributed by atoms with Gasteiger partial charge in [0.1, 0.15) is 23.7 Å². The summed E-state index contributed by atoms with van der Waals surface area (Å²) in [6, 6.07) is 20.4. The Morgan fingerprint density at radius 1 is 0.875 bits per heavy atom. The Morgan fingerprint density at radius 3 is 2.38 bits per heavy atom. The maximum Gasteiger partial charge on any atom is 0.418 e. The van der Waals surface area contributed by atoms with E-state index in [0.29, 0.717) is 28.5 Å². The molecule has 1 heterocycles. The molecule has 4 aromatic carbocycles. The molecule has 0 N–H and O–H groups in total. The molecule has 0 bridgehead atoms. The lowest BCUT2D eigenvalue weighted by Crippen LogP contribution is -2.07. The lowest BCUT2D eigenvalue weighted by atomic mass is 10.0. The van der Waals surface area contributed by atoms with Crippen LogP contribution in [0.25, 0.3) is 22.2 Å². The first-order valence-electron chi connectivity index (χ1n) is 12.1. The number of para-hydroxylation sites is 1. The van der Waals surface area contributed by atoms with E-state index in [2.05, 4.69) is 5.10 Å². The van der Waals surface area contributed by atoms with Gasteiger partial charge in [-0.15, -0.1) is 0 Å². The standard InChI is InChI=1S/C30H23ClF4N2O3/c1-38-26-11-4-7-20(29(26)39-2)17-40-22-8-3-6-18(14-22)28-23-9-5-10-24(30(33,34)35)27(23)36-37(28)16-19-12-13-21(31)15-25(19)32/h3-15H,16-17H2,1-2H3. The van der Waals surface area contributed by atoms with Crippen LogP contribution >= 0.6 is 11.6 Å². The van der Waals surface area contributed by atoms with Crippen LogP contribution in [0.15, 0.2) is 78.9 Å². The highest BCUT2D eigenvalue weighted by molar-refractivity contribution is 6.30. The van der Waals surface area contributed by atoms with Gasteiger partial charge in [-0.3, -0.25) is 4.68 Å². The van der Waals surface area contributed by atoms with E-state index in [-0.39, 0.29) is 34.6 Å². The number of halogens is 5. The summed E-state index contributed by atoms with van der Waals surface area (Å²) >= 11 is 5.89. The number of rotatable bonds is 8. The SMILES string of the molecule is COc1cccc(COc2cccc(-c3c4cccc(C(F)(F)F)c4nn3Cc3ccc(Cl)cc3F)c2)c1OC. The van der Waals surface area contributed by atoms with Crippen molar-refractivity contribution in [1.29, 1.82) is 0 Å². The quantitative estimate of drug-likeness (QED) is 0.177. The molecule has 10 heteroatoms. The highest BCUT2D eigenvalue weighted by Gasteiger charge is 2.34. The number of benzene rings is 4. The molecule has 0 amide bonds. The van der Waals surface area contributed by atoms with Gasteiger partial charge >= 0.3 is 6.18 Å². The number of aromatic nitrogens is 2. The summed E-state index contributed by atoms with van der Waals surface area (Å²) in [5.74, 6) is 0.976. The van der Waals surface area contributed by atoms with Crippen LogP contribution in [0.5, 0.6) is 17.2 Å². The Hall–Kier alpha value is -4.24. The number of ether oxygens (including phenoxy) is 3. The number of fused-ring (bicyclic) bond motifs is 1. The molecule has 0 aliphatic heterocycles. The first-order chi connectivity index (χ1) is 19.2. The summed E-state index contributed by atoms with van der Waals surface area (Å²) in [4.78, 5) is 0.